The molecule has 1 aromatic heterocycles. The number of carbonyl (C=O) groups excluding carboxylic acids is 2. The molecule has 1 aliphatic rings. The number of benzene rings is 2. The number of amides is 2. The zero-order valence-electron chi connectivity index (χ0n) is 15.3. The summed E-state index contributed by atoms with van der Waals surface area (Å²) in [7, 11) is 1.66. The van der Waals surface area contributed by atoms with Crippen LogP contribution in [0.15, 0.2) is 54.9 Å². The lowest BCUT2D eigenvalue weighted by Gasteiger charge is -2.31. The minimum atomic E-state index is 0.0101. The van der Waals surface area contributed by atoms with Crippen molar-refractivity contribution in [1.82, 2.24) is 19.8 Å². The number of rotatable bonds is 3. The molecule has 0 atom stereocenters. The van der Waals surface area contributed by atoms with Gasteiger partial charge in [-0.1, -0.05) is 12.1 Å². The Morgan fingerprint density at radius 3 is 2.44 bits per heavy atom. The summed E-state index contributed by atoms with van der Waals surface area (Å²) < 4.78 is 2.01. The van der Waals surface area contributed by atoms with Crippen molar-refractivity contribution < 1.29 is 9.59 Å². The van der Waals surface area contributed by atoms with Gasteiger partial charge in [0, 0.05) is 37.3 Å². The largest absolute Gasteiger partial charge is 0.359 e. The van der Waals surface area contributed by atoms with Crippen LogP contribution >= 0.6 is 0 Å². The molecule has 2 heterocycles. The highest BCUT2D eigenvalue weighted by molar-refractivity contribution is 5.94. The van der Waals surface area contributed by atoms with Gasteiger partial charge in [-0.25, -0.2) is 4.98 Å². The molecule has 1 aliphatic heterocycles. The molecule has 0 radical (unpaired) electrons. The quantitative estimate of drug-likeness (QED) is 0.779. The van der Waals surface area contributed by atoms with E-state index in [1.165, 1.54) is 0 Å². The molecule has 4 rings (SSSR count). The van der Waals surface area contributed by atoms with Gasteiger partial charge in [-0.05, 0) is 49.2 Å². The van der Waals surface area contributed by atoms with E-state index in [9.17, 15) is 9.59 Å². The first-order valence-corrected chi connectivity index (χ1v) is 9.21. The minimum Gasteiger partial charge on any atom is -0.359 e. The number of nitrogens with one attached hydrogen (secondary N) is 1. The smallest absolute Gasteiger partial charge is 0.253 e. The van der Waals surface area contributed by atoms with Gasteiger partial charge in [-0.2, -0.15) is 0 Å². The van der Waals surface area contributed by atoms with Gasteiger partial charge < -0.3 is 10.2 Å². The predicted octanol–water partition coefficient (Wildman–Crippen LogP) is 2.62. The first kappa shape index (κ1) is 17.3. The molecular formula is C21H22N4O2. The van der Waals surface area contributed by atoms with Crippen LogP contribution in [0.3, 0.4) is 0 Å². The summed E-state index contributed by atoms with van der Waals surface area (Å²) in [6.45, 7) is 1.23. The molecule has 2 aromatic carbocycles. The van der Waals surface area contributed by atoms with E-state index in [1.807, 2.05) is 58.0 Å². The van der Waals surface area contributed by atoms with E-state index < -0.39 is 0 Å². The lowest BCUT2D eigenvalue weighted by Crippen LogP contribution is -2.42. The molecule has 6 heteroatoms. The molecule has 138 valence electrons. The van der Waals surface area contributed by atoms with Crippen LogP contribution in [0.2, 0.25) is 0 Å². The van der Waals surface area contributed by atoms with Gasteiger partial charge >= 0.3 is 0 Å². The van der Waals surface area contributed by atoms with Gasteiger partial charge in [0.2, 0.25) is 5.91 Å². The predicted molar refractivity (Wildman–Crippen MR) is 104 cm³/mol. The van der Waals surface area contributed by atoms with Crippen LogP contribution in [-0.2, 0) is 4.79 Å². The first-order valence-electron chi connectivity index (χ1n) is 9.21. The second-order valence-electron chi connectivity index (χ2n) is 6.83. The van der Waals surface area contributed by atoms with Crippen LogP contribution in [0.5, 0.6) is 0 Å². The standard InChI is InChI=1S/C21H22N4O2/c1-22-20(26)15-10-12-24(13-11-15)21(27)16-6-8-17(9-7-16)25-14-23-18-4-2-3-5-19(18)25/h2-9,14-15H,10-13H2,1H3,(H,22,26). The molecule has 1 N–H and O–H groups in total. The summed E-state index contributed by atoms with van der Waals surface area (Å²) in [4.78, 5) is 30.7. The van der Waals surface area contributed by atoms with Crippen molar-refractivity contribution in [3.05, 3.63) is 60.4 Å². The summed E-state index contributed by atoms with van der Waals surface area (Å²) in [5.41, 5.74) is 3.62. The van der Waals surface area contributed by atoms with Gasteiger partial charge in [0.25, 0.3) is 5.91 Å². The lowest BCUT2D eigenvalue weighted by molar-refractivity contribution is -0.125. The van der Waals surface area contributed by atoms with Crippen molar-refractivity contribution in [3.63, 3.8) is 0 Å². The summed E-state index contributed by atoms with van der Waals surface area (Å²) >= 11 is 0. The monoisotopic (exact) mass is 362 g/mol. The number of hydrogen-bond acceptors (Lipinski definition) is 3. The molecule has 2 amide bonds. The molecule has 0 bridgehead atoms. The Kier molecular flexibility index (Phi) is 4.62. The molecule has 0 unspecified atom stereocenters. The van der Waals surface area contributed by atoms with E-state index in [4.69, 9.17) is 0 Å². The Hall–Kier alpha value is -3.15. The molecule has 3 aromatic rings. The maximum absolute atomic E-state index is 12.8. The van der Waals surface area contributed by atoms with Gasteiger partial charge in [-0.15, -0.1) is 0 Å². The summed E-state index contributed by atoms with van der Waals surface area (Å²) in [6, 6.07) is 15.6. The fraction of sp³-hybridized carbons (Fsp3) is 0.286. The van der Waals surface area contributed by atoms with Crippen molar-refractivity contribution in [1.29, 1.82) is 0 Å². The molecule has 0 saturated carbocycles. The van der Waals surface area contributed by atoms with E-state index >= 15 is 0 Å². The Bertz CT molecular complexity index is 969. The molecule has 6 nitrogen and oxygen atoms in total. The number of aromatic nitrogens is 2. The number of imidazole rings is 1. The molecule has 27 heavy (non-hydrogen) atoms. The van der Waals surface area contributed by atoms with E-state index in [0.29, 0.717) is 31.5 Å². The average molecular weight is 362 g/mol. The number of carbonyl (C=O) groups is 2. The Balaban J connectivity index is 1.48. The molecule has 1 saturated heterocycles. The first-order chi connectivity index (χ1) is 13.2. The fourth-order valence-corrected chi connectivity index (χ4v) is 3.66. The highest BCUT2D eigenvalue weighted by atomic mass is 16.2. The highest BCUT2D eigenvalue weighted by Crippen LogP contribution is 2.21. The second kappa shape index (κ2) is 7.23. The van der Waals surface area contributed by atoms with Crippen LogP contribution < -0.4 is 5.32 Å². The summed E-state index contributed by atoms with van der Waals surface area (Å²) in [5, 5.41) is 2.69. The van der Waals surface area contributed by atoms with E-state index in [-0.39, 0.29) is 17.7 Å². The third kappa shape index (κ3) is 3.30. The highest BCUT2D eigenvalue weighted by Gasteiger charge is 2.27. The Labute approximate surface area is 157 Å². The number of hydrogen-bond donors (Lipinski definition) is 1. The number of likely N-dealkylation sites (tertiary alicyclic amines) is 1. The second-order valence-corrected chi connectivity index (χ2v) is 6.83. The topological polar surface area (TPSA) is 67.2 Å². The normalized spacial score (nSPS) is 15.1. The van der Waals surface area contributed by atoms with E-state index in [1.54, 1.807) is 13.4 Å². The van der Waals surface area contributed by atoms with Crippen LogP contribution in [0, 0.1) is 5.92 Å². The molecular weight excluding hydrogens is 340 g/mol. The maximum Gasteiger partial charge on any atom is 0.253 e. The van der Waals surface area contributed by atoms with E-state index in [2.05, 4.69) is 10.3 Å². The van der Waals surface area contributed by atoms with Gasteiger partial charge in [0.05, 0.1) is 11.0 Å². The number of para-hydroxylation sites is 2. The van der Waals surface area contributed by atoms with Crippen molar-refractivity contribution in [3.8, 4) is 5.69 Å². The van der Waals surface area contributed by atoms with Crippen LogP contribution in [0.1, 0.15) is 23.2 Å². The van der Waals surface area contributed by atoms with Crippen LogP contribution in [0.4, 0.5) is 0 Å². The van der Waals surface area contributed by atoms with Crippen molar-refractivity contribution in [2.75, 3.05) is 20.1 Å². The van der Waals surface area contributed by atoms with Crippen LogP contribution in [-0.4, -0.2) is 46.4 Å². The fourth-order valence-electron chi connectivity index (χ4n) is 3.66. The zero-order chi connectivity index (χ0) is 18.8. The lowest BCUT2D eigenvalue weighted by atomic mass is 9.95. The third-order valence-corrected chi connectivity index (χ3v) is 5.25. The number of nitrogens with zero attached hydrogens (tertiary/aromatic N) is 3. The van der Waals surface area contributed by atoms with Crippen LogP contribution in [0.25, 0.3) is 16.7 Å². The van der Waals surface area contributed by atoms with Crippen molar-refractivity contribution in [2.45, 2.75) is 12.8 Å². The van der Waals surface area contributed by atoms with Crippen molar-refractivity contribution in [2.24, 2.45) is 5.92 Å². The average Bonchev–Trinajstić information content (AvgIpc) is 3.17. The molecule has 0 spiro atoms. The summed E-state index contributed by atoms with van der Waals surface area (Å²) in [5.74, 6) is 0.0994. The van der Waals surface area contributed by atoms with Gasteiger partial charge in [0.15, 0.2) is 0 Å². The Morgan fingerprint density at radius 2 is 1.74 bits per heavy atom. The van der Waals surface area contributed by atoms with Gasteiger partial charge in [0.1, 0.15) is 6.33 Å². The number of fused-ring (bicyclic) bond motifs is 1. The number of piperidine rings is 1. The third-order valence-electron chi connectivity index (χ3n) is 5.25. The zero-order valence-corrected chi connectivity index (χ0v) is 15.3. The maximum atomic E-state index is 12.8. The molecule has 0 aliphatic carbocycles. The molecule has 1 fully saturated rings. The van der Waals surface area contributed by atoms with Gasteiger partial charge in [-0.3, -0.25) is 14.2 Å². The SMILES string of the molecule is CNC(=O)C1CCN(C(=O)c2ccc(-n3cnc4ccccc43)cc2)CC1. The minimum absolute atomic E-state index is 0.0101. The van der Waals surface area contributed by atoms with Crippen molar-refractivity contribution >= 4 is 22.8 Å². The summed E-state index contributed by atoms with van der Waals surface area (Å²) in [6.07, 6.45) is 3.22. The van der Waals surface area contributed by atoms with E-state index in [0.717, 1.165) is 16.7 Å². The Morgan fingerprint density at radius 1 is 1.04 bits per heavy atom.